The van der Waals surface area contributed by atoms with Gasteiger partial charge >= 0.3 is 6.03 Å². The molecule has 0 bridgehead atoms. The fourth-order valence-electron chi connectivity index (χ4n) is 0.798. The Morgan fingerprint density at radius 2 is 2.08 bits per heavy atom. The van der Waals surface area contributed by atoms with Gasteiger partial charge in [0.2, 0.25) is 0 Å². The average Bonchev–Trinajstić information content (AvgIpc) is 2.14. The van der Waals surface area contributed by atoms with Crippen LogP contribution in [0.15, 0.2) is 0 Å². The van der Waals surface area contributed by atoms with E-state index in [1.807, 2.05) is 0 Å². The van der Waals surface area contributed by atoms with Crippen molar-refractivity contribution < 1.29 is 9.90 Å². The summed E-state index contributed by atoms with van der Waals surface area (Å²) in [5.74, 6) is 0. The molecule has 0 fully saturated rings. The minimum absolute atomic E-state index is 0.0302. The molecule has 0 radical (unpaired) electrons. The van der Waals surface area contributed by atoms with E-state index >= 15 is 0 Å². The summed E-state index contributed by atoms with van der Waals surface area (Å²) in [6.45, 7) is 0.806. The number of nitrogens with one attached hydrogen (secondary N) is 2. The molecule has 0 atom stereocenters. The van der Waals surface area contributed by atoms with Crippen molar-refractivity contribution >= 4 is 6.03 Å². The highest BCUT2D eigenvalue weighted by atomic mass is 16.2. The van der Waals surface area contributed by atoms with E-state index in [1.54, 1.807) is 6.07 Å². The van der Waals surface area contributed by atoms with Crippen molar-refractivity contribution in [3.8, 4) is 6.07 Å². The number of rotatable bonds is 6. The first kappa shape index (κ1) is 11.7. The van der Waals surface area contributed by atoms with Gasteiger partial charge in [0.15, 0.2) is 0 Å². The third kappa shape index (κ3) is 8.63. The summed E-state index contributed by atoms with van der Waals surface area (Å²) in [6, 6.07) is 1.49. The maximum Gasteiger partial charge on any atom is 0.315 e. The monoisotopic (exact) mass is 185 g/mol. The normalized spacial score (nSPS) is 8.92. The van der Waals surface area contributed by atoms with E-state index in [2.05, 4.69) is 10.6 Å². The van der Waals surface area contributed by atoms with Crippen molar-refractivity contribution in [3.63, 3.8) is 0 Å². The lowest BCUT2D eigenvalue weighted by Gasteiger charge is -2.03. The minimum Gasteiger partial charge on any atom is -0.396 e. The maximum absolute atomic E-state index is 10.8. The van der Waals surface area contributed by atoms with Gasteiger partial charge in [-0.3, -0.25) is 0 Å². The molecule has 0 aliphatic heterocycles. The summed E-state index contributed by atoms with van der Waals surface area (Å²) in [5.41, 5.74) is 0. The van der Waals surface area contributed by atoms with Gasteiger partial charge in [-0.15, -0.1) is 0 Å². The van der Waals surface area contributed by atoms with E-state index in [-0.39, 0.29) is 19.2 Å². The Kier molecular flexibility index (Phi) is 7.95. The number of urea groups is 1. The smallest absolute Gasteiger partial charge is 0.315 e. The average molecular weight is 185 g/mol. The van der Waals surface area contributed by atoms with Gasteiger partial charge in [0.05, 0.1) is 6.07 Å². The predicted octanol–water partition coefficient (Wildman–Crippen LogP) is -0.0282. The van der Waals surface area contributed by atoms with Gasteiger partial charge in [0, 0.05) is 13.2 Å². The second-order valence-corrected chi connectivity index (χ2v) is 2.55. The Morgan fingerprint density at radius 1 is 1.31 bits per heavy atom. The lowest BCUT2D eigenvalue weighted by Crippen LogP contribution is -2.36. The number of nitrogens with zero attached hydrogens (tertiary/aromatic N) is 1. The van der Waals surface area contributed by atoms with E-state index < -0.39 is 0 Å². The van der Waals surface area contributed by atoms with Crippen molar-refractivity contribution in [1.29, 1.82) is 5.26 Å². The van der Waals surface area contributed by atoms with Gasteiger partial charge in [0.25, 0.3) is 0 Å². The molecule has 74 valence electrons. The van der Waals surface area contributed by atoms with Crippen LogP contribution in [-0.2, 0) is 0 Å². The van der Waals surface area contributed by atoms with Crippen LogP contribution in [0, 0.1) is 11.3 Å². The highest BCUT2D eigenvalue weighted by molar-refractivity contribution is 5.73. The highest BCUT2D eigenvalue weighted by Gasteiger charge is 1.96. The van der Waals surface area contributed by atoms with Crippen LogP contribution in [0.1, 0.15) is 19.3 Å². The number of unbranched alkanes of at least 4 members (excludes halogenated alkanes) is 2. The fraction of sp³-hybridized carbons (Fsp3) is 0.750. The number of nitriles is 1. The number of aliphatic hydroxyl groups excluding tert-OH is 1. The van der Waals surface area contributed by atoms with Crippen LogP contribution in [0.25, 0.3) is 0 Å². The van der Waals surface area contributed by atoms with Crippen molar-refractivity contribution in [2.24, 2.45) is 0 Å². The van der Waals surface area contributed by atoms with Crippen molar-refractivity contribution in [2.45, 2.75) is 19.3 Å². The fourth-order valence-corrected chi connectivity index (χ4v) is 0.798. The molecular weight excluding hydrogens is 170 g/mol. The molecule has 0 unspecified atom stereocenters. The summed E-state index contributed by atoms with van der Waals surface area (Å²) in [5, 5.41) is 21.5. The third-order valence-corrected chi connectivity index (χ3v) is 1.45. The molecule has 5 nitrogen and oxygen atoms in total. The quantitative estimate of drug-likeness (QED) is 0.401. The Hall–Kier alpha value is -1.28. The molecule has 0 aliphatic rings. The van der Waals surface area contributed by atoms with Crippen molar-refractivity contribution in [1.82, 2.24) is 10.6 Å². The first-order chi connectivity index (χ1) is 6.31. The number of amides is 2. The summed E-state index contributed by atoms with van der Waals surface area (Å²) >= 11 is 0. The molecule has 0 saturated carbocycles. The van der Waals surface area contributed by atoms with Gasteiger partial charge in [-0.25, -0.2) is 4.79 Å². The van der Waals surface area contributed by atoms with Crippen LogP contribution >= 0.6 is 0 Å². The summed E-state index contributed by atoms with van der Waals surface area (Å²) in [7, 11) is 0. The van der Waals surface area contributed by atoms with Crippen LogP contribution in [0.3, 0.4) is 0 Å². The largest absolute Gasteiger partial charge is 0.396 e. The summed E-state index contributed by atoms with van der Waals surface area (Å²) < 4.78 is 0. The predicted molar refractivity (Wildman–Crippen MR) is 48.0 cm³/mol. The van der Waals surface area contributed by atoms with E-state index in [4.69, 9.17) is 10.4 Å². The number of hydrogen-bond acceptors (Lipinski definition) is 3. The topological polar surface area (TPSA) is 85.2 Å². The first-order valence-corrected chi connectivity index (χ1v) is 4.30. The molecule has 0 rings (SSSR count). The van der Waals surface area contributed by atoms with Crippen LogP contribution in [-0.4, -0.2) is 30.8 Å². The standard InChI is InChI=1S/C8H15N3O2/c9-4-6-11-8(13)10-5-2-1-3-7-12/h12H,1-3,5-7H2,(H2,10,11,13). The number of hydrogen-bond donors (Lipinski definition) is 3. The number of aliphatic hydroxyl groups is 1. The van der Waals surface area contributed by atoms with E-state index in [9.17, 15) is 4.79 Å². The molecule has 0 aromatic heterocycles. The van der Waals surface area contributed by atoms with E-state index in [0.29, 0.717) is 6.54 Å². The molecule has 0 saturated heterocycles. The zero-order valence-corrected chi connectivity index (χ0v) is 7.55. The Morgan fingerprint density at radius 3 is 2.69 bits per heavy atom. The molecule has 0 aromatic carbocycles. The maximum atomic E-state index is 10.8. The lowest BCUT2D eigenvalue weighted by molar-refractivity contribution is 0.241. The molecule has 13 heavy (non-hydrogen) atoms. The zero-order valence-electron chi connectivity index (χ0n) is 7.55. The third-order valence-electron chi connectivity index (χ3n) is 1.45. The second kappa shape index (κ2) is 8.81. The SMILES string of the molecule is N#CCNC(=O)NCCCCCO. The van der Waals surface area contributed by atoms with Gasteiger partial charge in [-0.1, -0.05) is 0 Å². The Balaban J connectivity index is 3.13. The molecule has 0 aromatic rings. The molecule has 5 heteroatoms. The van der Waals surface area contributed by atoms with Crippen molar-refractivity contribution in [3.05, 3.63) is 0 Å². The molecule has 2 amide bonds. The molecule has 3 N–H and O–H groups in total. The second-order valence-electron chi connectivity index (χ2n) is 2.55. The molecule has 0 aliphatic carbocycles. The zero-order chi connectivity index (χ0) is 9.94. The highest BCUT2D eigenvalue weighted by Crippen LogP contribution is 1.91. The Bertz CT molecular complexity index is 177. The van der Waals surface area contributed by atoms with Crippen LogP contribution in [0.4, 0.5) is 4.79 Å². The molecular formula is C8H15N3O2. The number of carbonyl (C=O) groups excluding carboxylic acids is 1. The van der Waals surface area contributed by atoms with Crippen LogP contribution in [0.5, 0.6) is 0 Å². The summed E-state index contributed by atoms with van der Waals surface area (Å²) in [6.07, 6.45) is 2.51. The van der Waals surface area contributed by atoms with Gasteiger partial charge in [-0.05, 0) is 19.3 Å². The van der Waals surface area contributed by atoms with Crippen molar-refractivity contribution in [2.75, 3.05) is 19.7 Å². The number of carbonyl (C=O) groups is 1. The first-order valence-electron chi connectivity index (χ1n) is 4.30. The molecule has 0 spiro atoms. The lowest BCUT2D eigenvalue weighted by atomic mass is 10.2. The van der Waals surface area contributed by atoms with E-state index in [0.717, 1.165) is 19.3 Å². The van der Waals surface area contributed by atoms with Crippen LogP contribution in [0.2, 0.25) is 0 Å². The van der Waals surface area contributed by atoms with Crippen LogP contribution < -0.4 is 10.6 Å². The van der Waals surface area contributed by atoms with Gasteiger partial charge in [0.1, 0.15) is 6.54 Å². The Labute approximate surface area is 77.7 Å². The van der Waals surface area contributed by atoms with Gasteiger partial charge in [-0.2, -0.15) is 5.26 Å². The van der Waals surface area contributed by atoms with Gasteiger partial charge < -0.3 is 15.7 Å². The molecule has 0 heterocycles. The minimum atomic E-state index is -0.314. The van der Waals surface area contributed by atoms with E-state index in [1.165, 1.54) is 0 Å². The summed E-state index contributed by atoms with van der Waals surface area (Å²) in [4.78, 5) is 10.8.